The minimum atomic E-state index is -4.84. The van der Waals surface area contributed by atoms with E-state index in [0.717, 1.165) is 23.8 Å². The van der Waals surface area contributed by atoms with Crippen LogP contribution in [0.4, 0.5) is 19.0 Å². The molecule has 35 heavy (non-hydrogen) atoms. The number of alkyl halides is 3. The molecule has 2 unspecified atom stereocenters. The fraction of sp³-hybridized carbons (Fsp3) is 0.333. The predicted molar refractivity (Wildman–Crippen MR) is 123 cm³/mol. The number of halogens is 3. The van der Waals surface area contributed by atoms with Crippen LogP contribution in [0.15, 0.2) is 65.6 Å². The van der Waals surface area contributed by atoms with Crippen molar-refractivity contribution in [1.29, 1.82) is 0 Å². The summed E-state index contributed by atoms with van der Waals surface area (Å²) in [6.07, 6.45) is -5.05. The van der Waals surface area contributed by atoms with Crippen LogP contribution in [0.5, 0.6) is 0 Å². The largest absolute Gasteiger partial charge is 0.467 e. The molecule has 1 aromatic heterocycles. The van der Waals surface area contributed by atoms with Crippen molar-refractivity contribution >= 4 is 21.6 Å². The molecule has 0 spiro atoms. The number of rotatable bonds is 6. The highest BCUT2D eigenvalue weighted by Gasteiger charge is 2.47. The maximum absolute atomic E-state index is 13.6. The van der Waals surface area contributed by atoms with Gasteiger partial charge in [-0.15, -0.1) is 0 Å². The van der Waals surface area contributed by atoms with Crippen LogP contribution in [0.3, 0.4) is 0 Å². The lowest BCUT2D eigenvalue weighted by Gasteiger charge is -2.25. The standard InChI is InChI=1S/C24H24F3N3O4S/c1-16-12-22(30(28-16)14-17-8-4-3-5-9-17)29-15-18(13-20(29)23(31)34-2)35(32,33)21-11-7-6-10-19(21)24(25,26)27/h3-12,18,20H,13-15H2,1-2H3. The highest BCUT2D eigenvalue weighted by Crippen LogP contribution is 2.38. The number of sulfone groups is 1. The van der Waals surface area contributed by atoms with E-state index in [9.17, 15) is 26.4 Å². The summed E-state index contributed by atoms with van der Waals surface area (Å²) in [5.74, 6) is -0.180. The van der Waals surface area contributed by atoms with E-state index in [-0.39, 0.29) is 13.0 Å². The Hall–Kier alpha value is -3.34. The summed E-state index contributed by atoms with van der Waals surface area (Å²) in [4.78, 5) is 13.4. The molecule has 3 aromatic rings. The molecule has 11 heteroatoms. The van der Waals surface area contributed by atoms with E-state index in [1.165, 1.54) is 13.2 Å². The van der Waals surface area contributed by atoms with Crippen molar-refractivity contribution in [3.8, 4) is 0 Å². The second-order valence-corrected chi connectivity index (χ2v) is 10.6. The Balaban J connectivity index is 1.73. The maximum atomic E-state index is 13.6. The van der Waals surface area contributed by atoms with E-state index in [0.29, 0.717) is 18.1 Å². The van der Waals surface area contributed by atoms with Crippen molar-refractivity contribution in [2.45, 2.75) is 42.3 Å². The Morgan fingerprint density at radius 3 is 2.43 bits per heavy atom. The van der Waals surface area contributed by atoms with E-state index >= 15 is 0 Å². The van der Waals surface area contributed by atoms with Crippen LogP contribution in [0.1, 0.15) is 23.2 Å². The van der Waals surface area contributed by atoms with Gasteiger partial charge >= 0.3 is 12.1 Å². The summed E-state index contributed by atoms with van der Waals surface area (Å²) in [6.45, 7) is 1.94. The molecule has 1 aliphatic rings. The fourth-order valence-electron chi connectivity index (χ4n) is 4.40. The van der Waals surface area contributed by atoms with Gasteiger partial charge in [0.05, 0.1) is 35.1 Å². The third kappa shape index (κ3) is 4.90. The minimum Gasteiger partial charge on any atom is -0.467 e. The van der Waals surface area contributed by atoms with Gasteiger partial charge in [-0.25, -0.2) is 17.9 Å². The van der Waals surface area contributed by atoms with Gasteiger partial charge in [-0.1, -0.05) is 42.5 Å². The molecule has 0 aliphatic carbocycles. The first-order chi connectivity index (χ1) is 16.5. The quantitative estimate of drug-likeness (QED) is 0.472. The average Bonchev–Trinajstić information content (AvgIpc) is 3.42. The molecule has 0 saturated carbocycles. The SMILES string of the molecule is COC(=O)C1CC(S(=O)(=O)c2ccccc2C(F)(F)F)CN1c1cc(C)nn1Cc1ccccc1. The summed E-state index contributed by atoms with van der Waals surface area (Å²) < 4.78 is 74.1. The van der Waals surface area contributed by atoms with Crippen molar-refractivity contribution in [2.24, 2.45) is 0 Å². The Morgan fingerprint density at radius 2 is 1.77 bits per heavy atom. The zero-order chi connectivity index (χ0) is 25.4. The summed E-state index contributed by atoms with van der Waals surface area (Å²) in [6, 6.07) is 14.3. The molecule has 2 atom stereocenters. The minimum absolute atomic E-state index is 0.186. The molecule has 4 rings (SSSR count). The first kappa shape index (κ1) is 24.8. The van der Waals surface area contributed by atoms with E-state index in [1.807, 2.05) is 30.3 Å². The van der Waals surface area contributed by atoms with Crippen molar-refractivity contribution in [3.05, 3.63) is 77.5 Å². The molecule has 2 aromatic carbocycles. The molecule has 0 bridgehead atoms. The summed E-state index contributed by atoms with van der Waals surface area (Å²) >= 11 is 0. The van der Waals surface area contributed by atoms with Crippen molar-refractivity contribution in [3.63, 3.8) is 0 Å². The van der Waals surface area contributed by atoms with Crippen molar-refractivity contribution < 1.29 is 31.1 Å². The molecule has 0 amide bonds. The zero-order valence-electron chi connectivity index (χ0n) is 19.1. The van der Waals surface area contributed by atoms with Crippen LogP contribution in [0.25, 0.3) is 0 Å². The topological polar surface area (TPSA) is 81.5 Å². The number of hydrogen-bond donors (Lipinski definition) is 0. The Kier molecular flexibility index (Phi) is 6.63. The van der Waals surface area contributed by atoms with Gasteiger partial charge in [0.25, 0.3) is 0 Å². The van der Waals surface area contributed by atoms with E-state index in [4.69, 9.17) is 4.74 Å². The molecule has 0 radical (unpaired) electrons. The first-order valence-corrected chi connectivity index (χ1v) is 12.4. The molecule has 1 aliphatic heterocycles. The first-order valence-electron chi connectivity index (χ1n) is 10.9. The third-order valence-electron chi connectivity index (χ3n) is 6.02. The van der Waals surface area contributed by atoms with Gasteiger partial charge in [-0.05, 0) is 31.0 Å². The molecular formula is C24H24F3N3O4S. The molecule has 7 nitrogen and oxygen atoms in total. The second kappa shape index (κ2) is 9.37. The number of aromatic nitrogens is 2. The van der Waals surface area contributed by atoms with Gasteiger partial charge in [-0.3, -0.25) is 0 Å². The number of aryl methyl sites for hydroxylation is 1. The van der Waals surface area contributed by atoms with Gasteiger partial charge in [0, 0.05) is 12.6 Å². The van der Waals surface area contributed by atoms with E-state index in [1.54, 1.807) is 22.6 Å². The summed E-state index contributed by atoms with van der Waals surface area (Å²) in [7, 11) is -3.24. The molecule has 1 fully saturated rings. The Bertz CT molecular complexity index is 1320. The zero-order valence-corrected chi connectivity index (χ0v) is 19.9. The molecule has 1 saturated heterocycles. The fourth-order valence-corrected chi connectivity index (χ4v) is 6.31. The molecule has 2 heterocycles. The number of methoxy groups -OCH3 is 1. The second-order valence-electron chi connectivity index (χ2n) is 8.38. The van der Waals surface area contributed by atoms with Gasteiger partial charge in [0.2, 0.25) is 0 Å². The van der Waals surface area contributed by atoms with Crippen molar-refractivity contribution in [1.82, 2.24) is 9.78 Å². The van der Waals surface area contributed by atoms with Crippen LogP contribution >= 0.6 is 0 Å². The van der Waals surface area contributed by atoms with Crippen LogP contribution in [0.2, 0.25) is 0 Å². The lowest BCUT2D eigenvalue weighted by Crippen LogP contribution is -2.38. The third-order valence-corrected chi connectivity index (χ3v) is 8.21. The maximum Gasteiger partial charge on any atom is 0.417 e. The number of benzene rings is 2. The lowest BCUT2D eigenvalue weighted by molar-refractivity contribution is -0.142. The summed E-state index contributed by atoms with van der Waals surface area (Å²) in [5.41, 5.74) is 0.361. The van der Waals surface area contributed by atoms with E-state index < -0.39 is 43.7 Å². The number of ether oxygens (including phenoxy) is 1. The highest BCUT2D eigenvalue weighted by molar-refractivity contribution is 7.92. The molecular weight excluding hydrogens is 483 g/mol. The van der Waals surface area contributed by atoms with Crippen LogP contribution in [0, 0.1) is 6.92 Å². The number of anilines is 1. The normalized spacial score (nSPS) is 18.6. The van der Waals surface area contributed by atoms with Gasteiger partial charge in [-0.2, -0.15) is 18.3 Å². The van der Waals surface area contributed by atoms with Gasteiger partial charge in [0.1, 0.15) is 11.9 Å². The Morgan fingerprint density at radius 1 is 1.11 bits per heavy atom. The van der Waals surface area contributed by atoms with E-state index in [2.05, 4.69) is 5.10 Å². The summed E-state index contributed by atoms with van der Waals surface area (Å²) in [5, 5.41) is 3.23. The van der Waals surface area contributed by atoms with Gasteiger partial charge < -0.3 is 9.64 Å². The number of nitrogens with zero attached hydrogens (tertiary/aromatic N) is 3. The van der Waals surface area contributed by atoms with Crippen LogP contribution in [-0.2, 0) is 32.1 Å². The highest BCUT2D eigenvalue weighted by atomic mass is 32.2. The number of carbonyl (C=O) groups excluding carboxylic acids is 1. The average molecular weight is 508 g/mol. The predicted octanol–water partition coefficient (Wildman–Crippen LogP) is 3.85. The lowest BCUT2D eigenvalue weighted by atomic mass is 10.2. The molecule has 186 valence electrons. The van der Waals surface area contributed by atoms with Crippen LogP contribution < -0.4 is 4.90 Å². The smallest absolute Gasteiger partial charge is 0.417 e. The molecule has 0 N–H and O–H groups in total. The Labute approximate surface area is 201 Å². The van der Waals surface area contributed by atoms with Crippen LogP contribution in [-0.4, -0.2) is 49.1 Å². The van der Waals surface area contributed by atoms with Gasteiger partial charge in [0.15, 0.2) is 9.84 Å². The number of esters is 1. The number of hydrogen-bond acceptors (Lipinski definition) is 6. The monoisotopic (exact) mass is 507 g/mol. The number of carbonyl (C=O) groups is 1. The van der Waals surface area contributed by atoms with Crippen molar-refractivity contribution in [2.75, 3.05) is 18.6 Å².